The lowest BCUT2D eigenvalue weighted by atomic mass is 10.1. The van der Waals surface area contributed by atoms with E-state index in [1.165, 1.54) is 18.2 Å². The summed E-state index contributed by atoms with van der Waals surface area (Å²) in [4.78, 5) is 21.6. The van der Waals surface area contributed by atoms with Gasteiger partial charge in [-0.2, -0.15) is 0 Å². The van der Waals surface area contributed by atoms with Crippen molar-refractivity contribution in [2.45, 2.75) is 0 Å². The van der Waals surface area contributed by atoms with Crippen LogP contribution in [0.2, 0.25) is 0 Å². The Morgan fingerprint density at radius 2 is 1.64 bits per heavy atom. The summed E-state index contributed by atoms with van der Waals surface area (Å²) >= 11 is 0. The first-order chi connectivity index (χ1) is 12.0. The first-order valence-electron chi connectivity index (χ1n) is 7.38. The third kappa shape index (κ3) is 3.64. The maximum atomic E-state index is 11.4. The summed E-state index contributed by atoms with van der Waals surface area (Å²) in [6.07, 6.45) is 1.39. The second-order valence-electron chi connectivity index (χ2n) is 5.22. The predicted octanol–water partition coefficient (Wildman–Crippen LogP) is 3.15. The molecule has 0 amide bonds. The van der Waals surface area contributed by atoms with Gasteiger partial charge in [0.15, 0.2) is 0 Å². The van der Waals surface area contributed by atoms with Crippen LogP contribution >= 0.6 is 0 Å². The summed E-state index contributed by atoms with van der Waals surface area (Å²) in [5, 5.41) is 22.1. The first kappa shape index (κ1) is 16.2. The third-order valence-electron chi connectivity index (χ3n) is 3.58. The number of aliphatic carboxylic acids is 1. The third-order valence-corrected chi connectivity index (χ3v) is 3.58. The van der Waals surface area contributed by atoms with Gasteiger partial charge in [-0.3, -0.25) is 10.1 Å². The van der Waals surface area contributed by atoms with E-state index in [9.17, 15) is 20.0 Å². The van der Waals surface area contributed by atoms with Crippen molar-refractivity contribution in [2.75, 3.05) is 0 Å². The summed E-state index contributed by atoms with van der Waals surface area (Å²) in [7, 11) is 0. The van der Waals surface area contributed by atoms with Crippen LogP contribution in [-0.4, -0.2) is 10.9 Å². The lowest BCUT2D eigenvalue weighted by Gasteiger charge is -2.07. The Labute approximate surface area is 142 Å². The van der Waals surface area contributed by atoms with E-state index >= 15 is 0 Å². The number of carbonyl (C=O) groups is 1. The number of hydrogen-bond donors (Lipinski definition) is 0. The number of non-ortho nitro benzene ring substituents is 1. The monoisotopic (exact) mass is 334 g/mol. The van der Waals surface area contributed by atoms with Crippen molar-refractivity contribution >= 4 is 23.3 Å². The minimum absolute atomic E-state index is 0.00481. The first-order valence-corrected chi connectivity index (χ1v) is 7.38. The molecule has 3 aromatic rings. The number of carbonyl (C=O) groups excluding carboxylic acids is 1. The quantitative estimate of drug-likeness (QED) is 0.406. The fraction of sp³-hybridized carbons (Fsp3) is 0. The van der Waals surface area contributed by atoms with Crippen molar-refractivity contribution < 1.29 is 19.2 Å². The molecule has 0 spiro atoms. The Hall–Kier alpha value is -3.67. The number of nitrogens with zero attached hydrogens (tertiary/aromatic N) is 1. The zero-order valence-corrected chi connectivity index (χ0v) is 12.9. The number of carboxylic acids is 1. The Kier molecular flexibility index (Phi) is 4.43. The minimum Gasteiger partial charge on any atom is -0.545 e. The number of nitro groups is 1. The topological polar surface area (TPSA) is 96.4 Å². The fourth-order valence-corrected chi connectivity index (χ4v) is 2.35. The molecule has 0 fully saturated rings. The predicted molar refractivity (Wildman–Crippen MR) is 90.1 cm³/mol. The van der Waals surface area contributed by atoms with Crippen LogP contribution in [-0.2, 0) is 4.79 Å². The molecule has 25 heavy (non-hydrogen) atoms. The molecule has 1 aromatic heterocycles. The summed E-state index contributed by atoms with van der Waals surface area (Å²) in [6.45, 7) is 0. The van der Waals surface area contributed by atoms with E-state index in [0.29, 0.717) is 22.6 Å². The SMILES string of the molecule is O=C([O-])C(=Cc1ccc(-c2ccc([N+](=O)[O-])cc2)o1)c1ccccc1. The van der Waals surface area contributed by atoms with E-state index in [0.717, 1.165) is 0 Å². The highest BCUT2D eigenvalue weighted by molar-refractivity contribution is 6.19. The molecule has 0 N–H and O–H groups in total. The Balaban J connectivity index is 1.92. The van der Waals surface area contributed by atoms with Crippen LogP contribution in [0, 0.1) is 10.1 Å². The molecule has 2 aromatic carbocycles. The lowest BCUT2D eigenvalue weighted by molar-refractivity contribution is -0.384. The van der Waals surface area contributed by atoms with Crippen LogP contribution in [0.3, 0.4) is 0 Å². The standard InChI is InChI=1S/C19H13NO5/c21-19(22)17(13-4-2-1-3-5-13)12-16-10-11-18(25-16)14-6-8-15(9-7-14)20(23)24/h1-12H,(H,21,22)/p-1. The van der Waals surface area contributed by atoms with E-state index in [1.807, 2.05) is 0 Å². The molecule has 6 heteroatoms. The minimum atomic E-state index is -1.31. The van der Waals surface area contributed by atoms with E-state index in [1.54, 1.807) is 54.6 Å². The lowest BCUT2D eigenvalue weighted by Crippen LogP contribution is -2.23. The van der Waals surface area contributed by atoms with Crippen LogP contribution in [0.5, 0.6) is 0 Å². The number of nitro benzene ring substituents is 1. The van der Waals surface area contributed by atoms with E-state index in [-0.39, 0.29) is 11.3 Å². The molecule has 0 unspecified atom stereocenters. The molecule has 1 heterocycles. The summed E-state index contributed by atoms with van der Waals surface area (Å²) in [5.41, 5.74) is 1.15. The smallest absolute Gasteiger partial charge is 0.269 e. The Bertz CT molecular complexity index is 939. The molecule has 124 valence electrons. The van der Waals surface area contributed by atoms with Crippen molar-refractivity contribution in [1.29, 1.82) is 0 Å². The molecule has 0 saturated carbocycles. The van der Waals surface area contributed by atoms with Crippen molar-refractivity contribution in [3.05, 3.63) is 88.2 Å². The molecule has 0 aliphatic heterocycles. The summed E-state index contributed by atoms with van der Waals surface area (Å²) < 4.78 is 5.63. The number of carboxylic acid groups (broad SMARTS) is 1. The number of furan rings is 1. The van der Waals surface area contributed by atoms with Gasteiger partial charge in [0.1, 0.15) is 11.5 Å². The molecule has 0 aliphatic carbocycles. The van der Waals surface area contributed by atoms with Gasteiger partial charge < -0.3 is 14.3 Å². The molecule has 0 bridgehead atoms. The molecule has 0 saturated heterocycles. The van der Waals surface area contributed by atoms with Gasteiger partial charge in [0.25, 0.3) is 5.69 Å². The van der Waals surface area contributed by atoms with Crippen molar-refractivity contribution in [2.24, 2.45) is 0 Å². The fourth-order valence-electron chi connectivity index (χ4n) is 2.35. The van der Waals surface area contributed by atoms with Gasteiger partial charge >= 0.3 is 0 Å². The summed E-state index contributed by atoms with van der Waals surface area (Å²) in [5.74, 6) is -0.484. The number of hydrogen-bond acceptors (Lipinski definition) is 5. The largest absolute Gasteiger partial charge is 0.545 e. The molecule has 0 radical (unpaired) electrons. The maximum absolute atomic E-state index is 11.4. The summed E-state index contributed by atoms with van der Waals surface area (Å²) in [6, 6.07) is 17.8. The highest BCUT2D eigenvalue weighted by Crippen LogP contribution is 2.26. The zero-order chi connectivity index (χ0) is 17.8. The molecule has 3 rings (SSSR count). The molecular formula is C19H12NO5-. The normalized spacial score (nSPS) is 11.3. The van der Waals surface area contributed by atoms with Crippen LogP contribution in [0.15, 0.2) is 71.1 Å². The van der Waals surface area contributed by atoms with E-state index in [4.69, 9.17) is 4.42 Å². The average molecular weight is 334 g/mol. The Morgan fingerprint density at radius 1 is 0.960 bits per heavy atom. The van der Waals surface area contributed by atoms with Crippen molar-refractivity contribution in [3.63, 3.8) is 0 Å². The molecule has 0 aliphatic rings. The van der Waals surface area contributed by atoms with Gasteiger partial charge in [0.05, 0.1) is 10.9 Å². The number of rotatable bonds is 5. The van der Waals surface area contributed by atoms with Gasteiger partial charge in [-0.15, -0.1) is 0 Å². The number of benzene rings is 2. The Morgan fingerprint density at radius 3 is 2.24 bits per heavy atom. The van der Waals surface area contributed by atoms with Crippen LogP contribution < -0.4 is 5.11 Å². The van der Waals surface area contributed by atoms with Gasteiger partial charge in [-0.1, -0.05) is 30.3 Å². The highest BCUT2D eigenvalue weighted by atomic mass is 16.6. The highest BCUT2D eigenvalue weighted by Gasteiger charge is 2.09. The zero-order valence-electron chi connectivity index (χ0n) is 12.9. The van der Waals surface area contributed by atoms with Gasteiger partial charge in [0.2, 0.25) is 0 Å². The van der Waals surface area contributed by atoms with Gasteiger partial charge in [-0.25, -0.2) is 0 Å². The maximum Gasteiger partial charge on any atom is 0.269 e. The molecule has 6 nitrogen and oxygen atoms in total. The van der Waals surface area contributed by atoms with E-state index in [2.05, 4.69) is 0 Å². The van der Waals surface area contributed by atoms with Crippen LogP contribution in [0.25, 0.3) is 23.0 Å². The molecular weight excluding hydrogens is 322 g/mol. The van der Waals surface area contributed by atoms with Crippen molar-refractivity contribution in [1.82, 2.24) is 0 Å². The van der Waals surface area contributed by atoms with Crippen LogP contribution in [0.1, 0.15) is 11.3 Å². The van der Waals surface area contributed by atoms with Gasteiger partial charge in [-0.05, 0) is 35.9 Å². The van der Waals surface area contributed by atoms with E-state index < -0.39 is 10.9 Å². The van der Waals surface area contributed by atoms with Gasteiger partial charge in [0, 0.05) is 23.3 Å². The second kappa shape index (κ2) is 6.84. The second-order valence-corrected chi connectivity index (χ2v) is 5.22. The van der Waals surface area contributed by atoms with Crippen LogP contribution in [0.4, 0.5) is 5.69 Å². The molecule has 0 atom stereocenters. The average Bonchev–Trinajstić information content (AvgIpc) is 3.09. The van der Waals surface area contributed by atoms with Crippen molar-refractivity contribution in [3.8, 4) is 11.3 Å².